The van der Waals surface area contributed by atoms with Crippen LogP contribution in [0.1, 0.15) is 50.3 Å². The lowest BCUT2D eigenvalue weighted by Crippen LogP contribution is -1.92. The number of furan rings is 1. The summed E-state index contributed by atoms with van der Waals surface area (Å²) in [4.78, 5) is 2.62. The second-order valence-corrected chi connectivity index (χ2v) is 8.56. The highest BCUT2D eigenvalue weighted by Gasteiger charge is 2.10. The molecule has 0 aliphatic carbocycles. The molecule has 2 heterocycles. The monoisotopic (exact) mass is 424 g/mol. The highest BCUT2D eigenvalue weighted by atomic mass is 32.1. The predicted octanol–water partition coefficient (Wildman–Crippen LogP) is 7.55. The van der Waals surface area contributed by atoms with Gasteiger partial charge in [0.05, 0.1) is 4.88 Å². The Labute approximate surface area is 183 Å². The standard InChI is InChI=1S/C26H32O3S/c1-2-3-9-12-23-15-16-26(30-23)25-19-21-13-14-22(20-24(21)29-25)28-18-11-8-6-4-5-7-10-17-27/h4-5,8,11,13-16,19-20,27H,2-3,6-7,9-10,12,17-18H2,1H3/b5-4+,11-8+. The molecule has 0 amide bonds. The molecule has 3 rings (SSSR count). The van der Waals surface area contributed by atoms with E-state index in [1.54, 1.807) is 0 Å². The molecular weight excluding hydrogens is 392 g/mol. The quantitative estimate of drug-likeness (QED) is 0.227. The van der Waals surface area contributed by atoms with Crippen molar-refractivity contribution >= 4 is 22.3 Å². The van der Waals surface area contributed by atoms with Crippen molar-refractivity contribution < 1.29 is 14.3 Å². The number of rotatable bonds is 13. The summed E-state index contributed by atoms with van der Waals surface area (Å²) in [5.74, 6) is 1.75. The van der Waals surface area contributed by atoms with Gasteiger partial charge >= 0.3 is 0 Å². The van der Waals surface area contributed by atoms with Crippen molar-refractivity contribution in [2.24, 2.45) is 0 Å². The second kappa shape index (κ2) is 12.4. The van der Waals surface area contributed by atoms with Gasteiger partial charge in [-0.15, -0.1) is 11.3 Å². The lowest BCUT2D eigenvalue weighted by molar-refractivity contribution is 0.289. The minimum atomic E-state index is 0.253. The fourth-order valence-corrected chi connectivity index (χ4v) is 4.23. The van der Waals surface area contributed by atoms with Gasteiger partial charge in [-0.05, 0) is 62.4 Å². The molecule has 0 atom stereocenters. The van der Waals surface area contributed by atoms with Crippen LogP contribution in [0.3, 0.4) is 0 Å². The van der Waals surface area contributed by atoms with E-state index in [2.05, 4.69) is 49.4 Å². The van der Waals surface area contributed by atoms with Gasteiger partial charge in [0.15, 0.2) is 0 Å². The Balaban J connectivity index is 1.52. The van der Waals surface area contributed by atoms with Crippen molar-refractivity contribution in [2.45, 2.75) is 51.9 Å². The zero-order chi connectivity index (χ0) is 21.0. The van der Waals surface area contributed by atoms with Crippen LogP contribution in [0.25, 0.3) is 21.6 Å². The summed E-state index contributed by atoms with van der Waals surface area (Å²) in [6.07, 6.45) is 15.9. The van der Waals surface area contributed by atoms with E-state index in [1.165, 1.54) is 29.0 Å². The van der Waals surface area contributed by atoms with Crippen LogP contribution in [0.5, 0.6) is 5.75 Å². The summed E-state index contributed by atoms with van der Waals surface area (Å²) in [5.41, 5.74) is 0.860. The predicted molar refractivity (Wildman–Crippen MR) is 127 cm³/mol. The Morgan fingerprint density at radius 2 is 1.90 bits per heavy atom. The first-order chi connectivity index (χ1) is 14.8. The maximum Gasteiger partial charge on any atom is 0.145 e. The molecule has 0 bridgehead atoms. The Morgan fingerprint density at radius 1 is 1.00 bits per heavy atom. The third kappa shape index (κ3) is 6.89. The molecule has 1 N–H and O–H groups in total. The van der Waals surface area contributed by atoms with Gasteiger partial charge in [-0.25, -0.2) is 0 Å². The van der Waals surface area contributed by atoms with E-state index in [1.807, 2.05) is 29.5 Å². The number of hydrogen-bond donors (Lipinski definition) is 1. The molecule has 0 aliphatic heterocycles. The molecule has 0 fully saturated rings. The molecule has 1 aromatic carbocycles. The third-order valence-electron chi connectivity index (χ3n) is 4.90. The number of unbranched alkanes of at least 4 members (excludes halogenated alkanes) is 3. The van der Waals surface area contributed by atoms with E-state index in [9.17, 15) is 0 Å². The minimum Gasteiger partial charge on any atom is -0.489 e. The number of thiophene rings is 1. The molecule has 30 heavy (non-hydrogen) atoms. The molecule has 2 aromatic heterocycles. The number of aliphatic hydroxyl groups excluding tert-OH is 1. The molecule has 3 aromatic rings. The average molecular weight is 425 g/mol. The molecule has 0 saturated carbocycles. The Kier molecular flexibility index (Phi) is 9.26. The first-order valence-corrected chi connectivity index (χ1v) is 11.8. The van der Waals surface area contributed by atoms with Crippen LogP contribution in [0.15, 0.2) is 65.1 Å². The largest absolute Gasteiger partial charge is 0.489 e. The van der Waals surface area contributed by atoms with E-state index < -0.39 is 0 Å². The van der Waals surface area contributed by atoms with E-state index in [-0.39, 0.29) is 6.61 Å². The van der Waals surface area contributed by atoms with Gasteiger partial charge in [0, 0.05) is 22.9 Å². The minimum absolute atomic E-state index is 0.253. The van der Waals surface area contributed by atoms with Crippen LogP contribution in [0, 0.1) is 0 Å². The number of benzene rings is 1. The normalized spacial score (nSPS) is 11.9. The smallest absolute Gasteiger partial charge is 0.145 e. The molecule has 160 valence electrons. The van der Waals surface area contributed by atoms with Crippen LogP contribution in [-0.2, 0) is 6.42 Å². The van der Waals surface area contributed by atoms with Crippen molar-refractivity contribution in [3.05, 3.63) is 65.6 Å². The van der Waals surface area contributed by atoms with Gasteiger partial charge in [-0.2, -0.15) is 0 Å². The van der Waals surface area contributed by atoms with E-state index in [0.717, 1.165) is 48.2 Å². The maximum absolute atomic E-state index is 8.74. The number of fused-ring (bicyclic) bond motifs is 1. The first kappa shape index (κ1) is 22.4. The van der Waals surface area contributed by atoms with Crippen molar-refractivity contribution in [1.29, 1.82) is 0 Å². The Hall–Kier alpha value is -2.30. The van der Waals surface area contributed by atoms with Crippen LogP contribution in [-0.4, -0.2) is 18.3 Å². The van der Waals surface area contributed by atoms with Crippen molar-refractivity contribution in [3.63, 3.8) is 0 Å². The third-order valence-corrected chi connectivity index (χ3v) is 6.06. The number of aryl methyl sites for hydroxylation is 1. The molecular formula is C26H32O3S. The summed E-state index contributed by atoms with van der Waals surface area (Å²) in [6, 6.07) is 12.5. The molecule has 0 saturated heterocycles. The van der Waals surface area contributed by atoms with Crippen LogP contribution >= 0.6 is 11.3 Å². The average Bonchev–Trinajstić information content (AvgIpc) is 3.39. The van der Waals surface area contributed by atoms with E-state index >= 15 is 0 Å². The zero-order valence-corrected chi connectivity index (χ0v) is 18.6. The molecule has 4 heteroatoms. The second-order valence-electron chi connectivity index (χ2n) is 7.39. The number of allylic oxidation sites excluding steroid dienone is 3. The fraction of sp³-hybridized carbons (Fsp3) is 0.385. The SMILES string of the molecule is CCCCCc1ccc(-c2cc3ccc(OC/C=C/C/C=C/CCCO)cc3o2)s1. The Bertz CT molecular complexity index is 948. The van der Waals surface area contributed by atoms with E-state index in [4.69, 9.17) is 14.3 Å². The van der Waals surface area contributed by atoms with Gasteiger partial charge < -0.3 is 14.3 Å². The summed E-state index contributed by atoms with van der Waals surface area (Å²) in [7, 11) is 0. The van der Waals surface area contributed by atoms with Gasteiger partial charge in [0.1, 0.15) is 23.7 Å². The lowest BCUT2D eigenvalue weighted by atomic mass is 10.2. The molecule has 3 nitrogen and oxygen atoms in total. The maximum atomic E-state index is 8.74. The highest BCUT2D eigenvalue weighted by molar-refractivity contribution is 7.15. The van der Waals surface area contributed by atoms with Crippen molar-refractivity contribution in [3.8, 4) is 16.4 Å². The van der Waals surface area contributed by atoms with Gasteiger partial charge in [0.25, 0.3) is 0 Å². The molecule has 0 aliphatic rings. The van der Waals surface area contributed by atoms with Gasteiger partial charge in [-0.3, -0.25) is 0 Å². The summed E-state index contributed by atoms with van der Waals surface area (Å²) in [6.45, 7) is 3.03. The van der Waals surface area contributed by atoms with Crippen LogP contribution < -0.4 is 4.74 Å². The van der Waals surface area contributed by atoms with Crippen LogP contribution in [0.2, 0.25) is 0 Å². The van der Waals surface area contributed by atoms with Crippen molar-refractivity contribution in [2.75, 3.05) is 13.2 Å². The molecule has 0 unspecified atom stereocenters. The zero-order valence-electron chi connectivity index (χ0n) is 17.8. The van der Waals surface area contributed by atoms with Crippen molar-refractivity contribution in [1.82, 2.24) is 0 Å². The number of ether oxygens (including phenoxy) is 1. The molecule has 0 radical (unpaired) electrons. The number of hydrogen-bond acceptors (Lipinski definition) is 4. The first-order valence-electron chi connectivity index (χ1n) is 11.0. The van der Waals surface area contributed by atoms with Gasteiger partial charge in [-0.1, -0.05) is 44.1 Å². The molecule has 0 spiro atoms. The topological polar surface area (TPSA) is 42.6 Å². The van der Waals surface area contributed by atoms with E-state index in [0.29, 0.717) is 6.61 Å². The number of aliphatic hydroxyl groups is 1. The fourth-order valence-electron chi connectivity index (χ4n) is 3.23. The summed E-state index contributed by atoms with van der Waals surface area (Å²) >= 11 is 1.83. The highest BCUT2D eigenvalue weighted by Crippen LogP contribution is 2.34. The van der Waals surface area contributed by atoms with Crippen LogP contribution in [0.4, 0.5) is 0 Å². The summed E-state index contributed by atoms with van der Waals surface area (Å²) < 4.78 is 11.9. The summed E-state index contributed by atoms with van der Waals surface area (Å²) in [5, 5.41) is 9.84. The lowest BCUT2D eigenvalue weighted by Gasteiger charge is -2.02. The van der Waals surface area contributed by atoms with Gasteiger partial charge in [0.2, 0.25) is 0 Å². The Morgan fingerprint density at radius 3 is 2.77 bits per heavy atom.